The van der Waals surface area contributed by atoms with E-state index < -0.39 is 18.5 Å². The summed E-state index contributed by atoms with van der Waals surface area (Å²) in [5.74, 6) is -1.51. The molecule has 92 valence electrons. The van der Waals surface area contributed by atoms with Crippen molar-refractivity contribution in [2.75, 3.05) is 5.32 Å². The largest absolute Gasteiger partial charge is 0.397 e. The van der Waals surface area contributed by atoms with E-state index in [2.05, 4.69) is 5.32 Å². The Morgan fingerprint density at radius 3 is 2.35 bits per heavy atom. The molecule has 0 bridgehead atoms. The molecule has 0 saturated heterocycles. The molecule has 0 aromatic heterocycles. The van der Waals surface area contributed by atoms with Crippen molar-refractivity contribution in [1.29, 1.82) is 0 Å². The van der Waals surface area contributed by atoms with Crippen LogP contribution in [-0.4, -0.2) is 17.9 Å². The molecule has 17 heavy (non-hydrogen) atoms. The molecule has 0 heterocycles. The molecule has 3 nitrogen and oxygen atoms in total. The summed E-state index contributed by atoms with van der Waals surface area (Å²) in [5.41, 5.74) is 0.275. The molecule has 0 fully saturated rings. The zero-order chi connectivity index (χ0) is 13.1. The number of ketones is 1. The third-order valence-corrected chi connectivity index (χ3v) is 1.94. The average Bonchev–Trinajstić information content (AvgIpc) is 2.14. The van der Waals surface area contributed by atoms with E-state index in [1.807, 2.05) is 0 Å². The number of benzene rings is 1. The van der Waals surface area contributed by atoms with Crippen LogP contribution in [0.5, 0.6) is 0 Å². The van der Waals surface area contributed by atoms with Crippen LogP contribution in [0.3, 0.4) is 0 Å². The standard InChI is InChI=1S/C11H10F3NO2/c1-7(16)8-4-2-3-5-9(8)15-10(17)6-11(12,13)14/h2-5H,6H2,1H3,(H,15,17). The summed E-state index contributed by atoms with van der Waals surface area (Å²) < 4.78 is 35.8. The maximum atomic E-state index is 11.9. The molecule has 1 aromatic rings. The predicted molar refractivity (Wildman–Crippen MR) is 55.7 cm³/mol. The lowest BCUT2D eigenvalue weighted by Crippen LogP contribution is -2.22. The first-order valence-electron chi connectivity index (χ1n) is 4.76. The van der Waals surface area contributed by atoms with Gasteiger partial charge in [0.2, 0.25) is 5.91 Å². The van der Waals surface area contributed by atoms with Crippen LogP contribution in [0, 0.1) is 0 Å². The van der Waals surface area contributed by atoms with E-state index in [0.29, 0.717) is 0 Å². The average molecular weight is 245 g/mol. The van der Waals surface area contributed by atoms with Gasteiger partial charge in [-0.2, -0.15) is 13.2 Å². The Bertz CT molecular complexity index is 441. The molecule has 0 radical (unpaired) electrons. The Labute approximate surface area is 95.6 Å². The zero-order valence-electron chi connectivity index (χ0n) is 8.97. The number of rotatable bonds is 3. The normalized spacial score (nSPS) is 11.1. The first-order chi connectivity index (χ1) is 7.79. The first kappa shape index (κ1) is 13.2. The molecule has 0 aliphatic heterocycles. The van der Waals surface area contributed by atoms with Gasteiger partial charge in [0.05, 0.1) is 5.69 Å². The lowest BCUT2D eigenvalue weighted by Gasteiger charge is -2.10. The number of para-hydroxylation sites is 1. The van der Waals surface area contributed by atoms with Crippen molar-refractivity contribution in [3.63, 3.8) is 0 Å². The number of anilines is 1. The number of carbonyl (C=O) groups is 2. The van der Waals surface area contributed by atoms with Crippen LogP contribution in [0.2, 0.25) is 0 Å². The number of carbonyl (C=O) groups excluding carboxylic acids is 2. The second kappa shape index (κ2) is 4.99. The molecule has 1 N–H and O–H groups in total. The lowest BCUT2D eigenvalue weighted by atomic mass is 10.1. The van der Waals surface area contributed by atoms with Gasteiger partial charge in [0.15, 0.2) is 5.78 Å². The van der Waals surface area contributed by atoms with E-state index in [-0.39, 0.29) is 17.0 Å². The molecular weight excluding hydrogens is 235 g/mol. The molecule has 1 rings (SSSR count). The Morgan fingerprint density at radius 1 is 1.24 bits per heavy atom. The maximum Gasteiger partial charge on any atom is 0.397 e. The van der Waals surface area contributed by atoms with Crippen molar-refractivity contribution in [3.05, 3.63) is 29.8 Å². The molecule has 0 aliphatic rings. The summed E-state index contributed by atoms with van der Waals surface area (Å²) in [6.45, 7) is 1.27. The summed E-state index contributed by atoms with van der Waals surface area (Å²) in [5, 5.41) is 2.07. The highest BCUT2D eigenvalue weighted by atomic mass is 19.4. The predicted octanol–water partition coefficient (Wildman–Crippen LogP) is 2.78. The van der Waals surface area contributed by atoms with Crippen molar-refractivity contribution in [1.82, 2.24) is 0 Å². The van der Waals surface area contributed by atoms with Gasteiger partial charge in [0.25, 0.3) is 0 Å². The lowest BCUT2D eigenvalue weighted by molar-refractivity contribution is -0.150. The zero-order valence-corrected chi connectivity index (χ0v) is 8.97. The molecule has 0 atom stereocenters. The van der Waals surface area contributed by atoms with Crippen LogP contribution >= 0.6 is 0 Å². The van der Waals surface area contributed by atoms with Crippen LogP contribution in [0.25, 0.3) is 0 Å². The minimum atomic E-state index is -4.56. The third kappa shape index (κ3) is 4.26. The maximum absolute atomic E-state index is 11.9. The molecule has 1 aromatic carbocycles. The Balaban J connectivity index is 2.82. The van der Waals surface area contributed by atoms with Gasteiger partial charge < -0.3 is 5.32 Å². The van der Waals surface area contributed by atoms with Gasteiger partial charge in [-0.1, -0.05) is 12.1 Å². The van der Waals surface area contributed by atoms with Crippen LogP contribution in [0.1, 0.15) is 23.7 Å². The Kier molecular flexibility index (Phi) is 3.88. The smallest absolute Gasteiger partial charge is 0.325 e. The summed E-state index contributed by atoms with van der Waals surface area (Å²) >= 11 is 0. The van der Waals surface area contributed by atoms with E-state index >= 15 is 0 Å². The number of alkyl halides is 3. The first-order valence-corrected chi connectivity index (χ1v) is 4.76. The number of nitrogens with one attached hydrogen (secondary N) is 1. The van der Waals surface area contributed by atoms with Crippen molar-refractivity contribution in [2.45, 2.75) is 19.5 Å². The number of Topliss-reactive ketones (excluding diaryl/α,β-unsaturated/α-hetero) is 1. The molecular formula is C11H10F3NO2. The van der Waals surface area contributed by atoms with Gasteiger partial charge in [0.1, 0.15) is 6.42 Å². The third-order valence-electron chi connectivity index (χ3n) is 1.94. The van der Waals surface area contributed by atoms with E-state index in [1.54, 1.807) is 6.07 Å². The molecule has 6 heteroatoms. The fourth-order valence-corrected chi connectivity index (χ4v) is 1.28. The van der Waals surface area contributed by atoms with Gasteiger partial charge in [-0.15, -0.1) is 0 Å². The molecule has 0 aliphatic carbocycles. The highest BCUT2D eigenvalue weighted by molar-refractivity contribution is 6.03. The van der Waals surface area contributed by atoms with Gasteiger partial charge in [0, 0.05) is 5.56 Å². The Hall–Kier alpha value is -1.85. The summed E-state index contributed by atoms with van der Waals surface area (Å²) in [6.07, 6.45) is -6.13. The minimum absolute atomic E-state index is 0.0919. The van der Waals surface area contributed by atoms with Gasteiger partial charge in [-0.05, 0) is 19.1 Å². The van der Waals surface area contributed by atoms with Crippen LogP contribution in [0.15, 0.2) is 24.3 Å². The van der Waals surface area contributed by atoms with Crippen molar-refractivity contribution in [3.8, 4) is 0 Å². The summed E-state index contributed by atoms with van der Waals surface area (Å²) in [7, 11) is 0. The quantitative estimate of drug-likeness (QED) is 0.832. The molecule has 0 spiro atoms. The highest BCUT2D eigenvalue weighted by Gasteiger charge is 2.31. The monoisotopic (exact) mass is 245 g/mol. The number of hydrogen-bond donors (Lipinski definition) is 1. The van der Waals surface area contributed by atoms with Gasteiger partial charge in [-0.25, -0.2) is 0 Å². The van der Waals surface area contributed by atoms with Crippen molar-refractivity contribution < 1.29 is 22.8 Å². The SMILES string of the molecule is CC(=O)c1ccccc1NC(=O)CC(F)(F)F. The number of halogens is 3. The number of amides is 1. The Morgan fingerprint density at radius 2 is 1.82 bits per heavy atom. The fraction of sp³-hybridized carbons (Fsp3) is 0.273. The van der Waals surface area contributed by atoms with E-state index in [9.17, 15) is 22.8 Å². The molecule has 0 unspecified atom stereocenters. The van der Waals surface area contributed by atoms with Gasteiger partial charge in [-0.3, -0.25) is 9.59 Å². The fourth-order valence-electron chi connectivity index (χ4n) is 1.28. The van der Waals surface area contributed by atoms with Gasteiger partial charge >= 0.3 is 6.18 Å². The van der Waals surface area contributed by atoms with Crippen LogP contribution < -0.4 is 5.32 Å². The second-order valence-corrected chi connectivity index (χ2v) is 3.44. The van der Waals surface area contributed by atoms with Crippen LogP contribution in [-0.2, 0) is 4.79 Å². The molecule has 0 saturated carbocycles. The van der Waals surface area contributed by atoms with E-state index in [4.69, 9.17) is 0 Å². The summed E-state index contributed by atoms with van der Waals surface area (Å²) in [4.78, 5) is 22.2. The topological polar surface area (TPSA) is 46.2 Å². The second-order valence-electron chi connectivity index (χ2n) is 3.44. The minimum Gasteiger partial charge on any atom is -0.325 e. The van der Waals surface area contributed by atoms with E-state index in [0.717, 1.165) is 0 Å². The van der Waals surface area contributed by atoms with Crippen LogP contribution in [0.4, 0.5) is 18.9 Å². The highest BCUT2D eigenvalue weighted by Crippen LogP contribution is 2.21. The molecule has 1 amide bonds. The number of hydrogen-bond acceptors (Lipinski definition) is 2. The van der Waals surface area contributed by atoms with Crippen molar-refractivity contribution in [2.24, 2.45) is 0 Å². The van der Waals surface area contributed by atoms with Crippen molar-refractivity contribution >= 4 is 17.4 Å². The van der Waals surface area contributed by atoms with E-state index in [1.165, 1.54) is 25.1 Å². The summed E-state index contributed by atoms with van der Waals surface area (Å²) in [6, 6.07) is 5.91.